The minimum Gasteiger partial charge on any atom is -0.331 e. The van der Waals surface area contributed by atoms with Crippen molar-refractivity contribution in [3.8, 4) is 0 Å². The van der Waals surface area contributed by atoms with Gasteiger partial charge in [0.05, 0.1) is 12.0 Å². The number of hydrogen-bond acceptors (Lipinski definition) is 2. The highest BCUT2D eigenvalue weighted by molar-refractivity contribution is 5.14. The number of nitrogens with zero attached hydrogens (tertiary/aromatic N) is 2. The molecule has 1 aromatic carbocycles. The van der Waals surface area contributed by atoms with Crippen molar-refractivity contribution < 1.29 is 0 Å². The average molecular weight is 229 g/mol. The van der Waals surface area contributed by atoms with Crippen molar-refractivity contribution in [3.63, 3.8) is 0 Å². The molecule has 17 heavy (non-hydrogen) atoms. The second-order valence-electron chi connectivity index (χ2n) is 4.37. The van der Waals surface area contributed by atoms with Crippen molar-refractivity contribution in [1.29, 1.82) is 0 Å². The molecule has 1 unspecified atom stereocenters. The number of benzene rings is 1. The van der Waals surface area contributed by atoms with E-state index in [9.17, 15) is 0 Å². The molecule has 0 bridgehead atoms. The third-order valence-corrected chi connectivity index (χ3v) is 3.12. The van der Waals surface area contributed by atoms with Gasteiger partial charge in [-0.25, -0.2) is 4.98 Å². The van der Waals surface area contributed by atoms with E-state index in [1.807, 2.05) is 12.5 Å². The molecule has 0 radical (unpaired) electrons. The fraction of sp³-hybridized carbons (Fsp3) is 0.357. The van der Waals surface area contributed by atoms with Gasteiger partial charge in [-0.3, -0.25) is 0 Å². The summed E-state index contributed by atoms with van der Waals surface area (Å²) in [4.78, 5) is 4.15. The lowest BCUT2D eigenvalue weighted by Crippen LogP contribution is -2.11. The molecule has 1 heterocycles. The van der Waals surface area contributed by atoms with Crippen LogP contribution in [0.5, 0.6) is 0 Å². The molecule has 1 atom stereocenters. The zero-order chi connectivity index (χ0) is 12.1. The Balaban J connectivity index is 1.96. The summed E-state index contributed by atoms with van der Waals surface area (Å²) in [6.45, 7) is 2.76. The summed E-state index contributed by atoms with van der Waals surface area (Å²) in [7, 11) is 0. The summed E-state index contributed by atoms with van der Waals surface area (Å²) in [5, 5.41) is 0. The summed E-state index contributed by atoms with van der Waals surface area (Å²) in [6.07, 6.45) is 5.91. The highest BCUT2D eigenvalue weighted by Gasteiger charge is 2.08. The van der Waals surface area contributed by atoms with Gasteiger partial charge in [-0.2, -0.15) is 0 Å². The molecule has 0 aliphatic rings. The zero-order valence-electron chi connectivity index (χ0n) is 10.2. The Kier molecular flexibility index (Phi) is 3.94. The minimum absolute atomic E-state index is 0.441. The first-order chi connectivity index (χ1) is 8.31. The Bertz CT molecular complexity index is 448. The molecule has 0 saturated heterocycles. The fourth-order valence-corrected chi connectivity index (χ4v) is 2.05. The van der Waals surface area contributed by atoms with Crippen LogP contribution in [0.1, 0.15) is 30.6 Å². The van der Waals surface area contributed by atoms with E-state index >= 15 is 0 Å². The van der Waals surface area contributed by atoms with E-state index in [2.05, 4.69) is 46.8 Å². The van der Waals surface area contributed by atoms with Crippen LogP contribution in [-0.4, -0.2) is 9.55 Å². The highest BCUT2D eigenvalue weighted by atomic mass is 15.1. The molecule has 0 aliphatic heterocycles. The Morgan fingerprint density at radius 3 is 2.76 bits per heavy atom. The number of hydrogen-bond donors (Lipinski definition) is 1. The summed E-state index contributed by atoms with van der Waals surface area (Å²) >= 11 is 0. The van der Waals surface area contributed by atoms with Gasteiger partial charge in [0, 0.05) is 18.8 Å². The lowest BCUT2D eigenvalue weighted by Gasteiger charge is -2.15. The van der Waals surface area contributed by atoms with Crippen LogP contribution < -0.4 is 5.73 Å². The molecule has 2 rings (SSSR count). The van der Waals surface area contributed by atoms with Crippen LogP contribution in [-0.2, 0) is 13.0 Å². The SMILES string of the molecule is CC(CCc1ccccc1)n1cncc1CN. The molecule has 0 saturated carbocycles. The van der Waals surface area contributed by atoms with Crippen LogP contribution >= 0.6 is 0 Å². The van der Waals surface area contributed by atoms with Crippen molar-refractivity contribution in [1.82, 2.24) is 9.55 Å². The second kappa shape index (κ2) is 5.64. The van der Waals surface area contributed by atoms with Crippen LogP contribution in [0, 0.1) is 0 Å². The number of imidazole rings is 1. The molecule has 3 heteroatoms. The first kappa shape index (κ1) is 11.9. The topological polar surface area (TPSA) is 43.8 Å². The molecule has 0 amide bonds. The number of aryl methyl sites for hydroxylation is 1. The normalized spacial score (nSPS) is 12.6. The van der Waals surface area contributed by atoms with E-state index in [1.54, 1.807) is 0 Å². The maximum Gasteiger partial charge on any atom is 0.0951 e. The van der Waals surface area contributed by atoms with Gasteiger partial charge in [-0.05, 0) is 25.3 Å². The van der Waals surface area contributed by atoms with E-state index in [-0.39, 0.29) is 0 Å². The maximum absolute atomic E-state index is 5.68. The van der Waals surface area contributed by atoms with Crippen LogP contribution in [0.25, 0.3) is 0 Å². The highest BCUT2D eigenvalue weighted by Crippen LogP contribution is 2.16. The standard InChI is InChI=1S/C14H19N3/c1-12(17-11-16-10-14(17)9-15)7-8-13-5-3-2-4-6-13/h2-6,10-12H,7-9,15H2,1H3. The number of aromatic nitrogens is 2. The molecule has 2 N–H and O–H groups in total. The Morgan fingerprint density at radius 2 is 2.06 bits per heavy atom. The van der Waals surface area contributed by atoms with Crippen molar-refractivity contribution in [3.05, 3.63) is 54.1 Å². The van der Waals surface area contributed by atoms with Crippen molar-refractivity contribution in [2.45, 2.75) is 32.4 Å². The summed E-state index contributed by atoms with van der Waals surface area (Å²) in [6, 6.07) is 11.0. The summed E-state index contributed by atoms with van der Waals surface area (Å²) < 4.78 is 2.17. The Hall–Kier alpha value is -1.61. The second-order valence-corrected chi connectivity index (χ2v) is 4.37. The number of rotatable bonds is 5. The molecule has 0 spiro atoms. The number of nitrogens with two attached hydrogens (primary N) is 1. The van der Waals surface area contributed by atoms with Gasteiger partial charge in [-0.1, -0.05) is 30.3 Å². The van der Waals surface area contributed by atoms with Crippen molar-refractivity contribution >= 4 is 0 Å². The summed E-state index contributed by atoms with van der Waals surface area (Å²) in [5.41, 5.74) is 8.16. The van der Waals surface area contributed by atoms with Gasteiger partial charge in [0.25, 0.3) is 0 Å². The van der Waals surface area contributed by atoms with Crippen LogP contribution in [0.4, 0.5) is 0 Å². The molecular formula is C14H19N3. The maximum atomic E-state index is 5.68. The van der Waals surface area contributed by atoms with Gasteiger partial charge < -0.3 is 10.3 Å². The van der Waals surface area contributed by atoms with E-state index in [1.165, 1.54) is 5.56 Å². The van der Waals surface area contributed by atoms with Crippen molar-refractivity contribution in [2.24, 2.45) is 5.73 Å². The average Bonchev–Trinajstić information content (AvgIpc) is 2.85. The minimum atomic E-state index is 0.441. The zero-order valence-corrected chi connectivity index (χ0v) is 10.2. The van der Waals surface area contributed by atoms with E-state index in [0.717, 1.165) is 18.5 Å². The van der Waals surface area contributed by atoms with Crippen LogP contribution in [0.3, 0.4) is 0 Å². The lowest BCUT2D eigenvalue weighted by molar-refractivity contribution is 0.491. The van der Waals surface area contributed by atoms with Gasteiger partial charge in [0.1, 0.15) is 0 Å². The molecule has 0 fully saturated rings. The first-order valence-electron chi connectivity index (χ1n) is 6.06. The molecule has 90 valence electrons. The third-order valence-electron chi connectivity index (χ3n) is 3.12. The predicted molar refractivity (Wildman–Crippen MR) is 69.6 cm³/mol. The largest absolute Gasteiger partial charge is 0.331 e. The molecule has 3 nitrogen and oxygen atoms in total. The van der Waals surface area contributed by atoms with E-state index < -0.39 is 0 Å². The molecular weight excluding hydrogens is 210 g/mol. The van der Waals surface area contributed by atoms with Crippen LogP contribution in [0.15, 0.2) is 42.9 Å². The fourth-order valence-electron chi connectivity index (χ4n) is 2.05. The van der Waals surface area contributed by atoms with Gasteiger partial charge in [0.15, 0.2) is 0 Å². The molecule has 1 aromatic heterocycles. The van der Waals surface area contributed by atoms with Gasteiger partial charge >= 0.3 is 0 Å². The van der Waals surface area contributed by atoms with E-state index in [4.69, 9.17) is 5.73 Å². The van der Waals surface area contributed by atoms with E-state index in [0.29, 0.717) is 12.6 Å². The van der Waals surface area contributed by atoms with Crippen molar-refractivity contribution in [2.75, 3.05) is 0 Å². The monoisotopic (exact) mass is 229 g/mol. The third kappa shape index (κ3) is 2.94. The molecule has 0 aliphatic carbocycles. The van der Waals surface area contributed by atoms with Gasteiger partial charge in [-0.15, -0.1) is 0 Å². The molecule has 2 aromatic rings. The quantitative estimate of drug-likeness (QED) is 0.856. The van der Waals surface area contributed by atoms with Crippen LogP contribution in [0.2, 0.25) is 0 Å². The first-order valence-corrected chi connectivity index (χ1v) is 6.06. The predicted octanol–water partition coefficient (Wildman–Crippen LogP) is 2.54. The Labute approximate surface area is 102 Å². The lowest BCUT2D eigenvalue weighted by atomic mass is 10.1. The Morgan fingerprint density at radius 1 is 1.29 bits per heavy atom. The summed E-state index contributed by atoms with van der Waals surface area (Å²) in [5.74, 6) is 0. The smallest absolute Gasteiger partial charge is 0.0951 e. The van der Waals surface area contributed by atoms with Gasteiger partial charge in [0.2, 0.25) is 0 Å².